The van der Waals surface area contributed by atoms with Crippen molar-refractivity contribution in [1.82, 2.24) is 19.2 Å². The standard InChI is InChI=1S/C22H27N5O4S2/c1-4-27(5-2)33(29,30)19-15-16(8-9-18(19)31-3)21(28)25-11-13-26(14-12-25)22-24-17-7-6-10-23-20(17)32-22/h6-10,15H,4-5,11-14H2,1-3H3. The molecule has 176 valence electrons. The van der Waals surface area contributed by atoms with E-state index in [1.165, 1.54) is 17.5 Å². The van der Waals surface area contributed by atoms with E-state index in [0.29, 0.717) is 44.8 Å². The van der Waals surface area contributed by atoms with Gasteiger partial charge in [-0.1, -0.05) is 25.2 Å². The Kier molecular flexibility index (Phi) is 6.82. The summed E-state index contributed by atoms with van der Waals surface area (Å²) in [6.45, 7) is 6.57. The van der Waals surface area contributed by atoms with E-state index in [1.807, 2.05) is 12.1 Å². The van der Waals surface area contributed by atoms with E-state index in [4.69, 9.17) is 4.74 Å². The number of carbonyl (C=O) groups excluding carboxylic acids is 1. The van der Waals surface area contributed by atoms with Gasteiger partial charge in [-0.3, -0.25) is 4.79 Å². The van der Waals surface area contributed by atoms with E-state index in [1.54, 1.807) is 48.4 Å². The summed E-state index contributed by atoms with van der Waals surface area (Å²) in [6, 6.07) is 8.41. The molecule has 1 aliphatic heterocycles. The molecular weight excluding hydrogens is 462 g/mol. The summed E-state index contributed by atoms with van der Waals surface area (Å²) >= 11 is 1.54. The zero-order chi connectivity index (χ0) is 23.6. The second-order valence-electron chi connectivity index (χ2n) is 7.56. The van der Waals surface area contributed by atoms with Crippen molar-refractivity contribution in [3.63, 3.8) is 0 Å². The van der Waals surface area contributed by atoms with Gasteiger partial charge in [0.2, 0.25) is 10.0 Å². The second-order valence-corrected chi connectivity index (χ2v) is 10.4. The molecule has 0 unspecified atom stereocenters. The first-order chi connectivity index (χ1) is 15.9. The lowest BCUT2D eigenvalue weighted by molar-refractivity contribution is 0.0746. The molecule has 11 heteroatoms. The number of nitrogens with zero attached hydrogens (tertiary/aromatic N) is 5. The zero-order valence-corrected chi connectivity index (χ0v) is 20.5. The molecule has 0 radical (unpaired) electrons. The second kappa shape index (κ2) is 9.62. The first-order valence-electron chi connectivity index (χ1n) is 10.8. The molecule has 0 atom stereocenters. The van der Waals surface area contributed by atoms with Gasteiger partial charge in [0.25, 0.3) is 5.91 Å². The van der Waals surface area contributed by atoms with Crippen LogP contribution in [-0.2, 0) is 10.0 Å². The minimum absolute atomic E-state index is 0.0140. The number of pyridine rings is 1. The number of fused-ring (bicyclic) bond motifs is 1. The van der Waals surface area contributed by atoms with Crippen molar-refractivity contribution in [1.29, 1.82) is 0 Å². The predicted molar refractivity (Wildman–Crippen MR) is 129 cm³/mol. The highest BCUT2D eigenvalue weighted by molar-refractivity contribution is 7.89. The lowest BCUT2D eigenvalue weighted by atomic mass is 10.1. The van der Waals surface area contributed by atoms with Crippen LogP contribution >= 0.6 is 11.3 Å². The molecule has 0 spiro atoms. The number of hydrogen-bond donors (Lipinski definition) is 0. The van der Waals surface area contributed by atoms with Gasteiger partial charge in [0.1, 0.15) is 21.0 Å². The Balaban J connectivity index is 1.51. The molecule has 0 bridgehead atoms. The number of piperazine rings is 1. The third-order valence-electron chi connectivity index (χ3n) is 5.73. The average Bonchev–Trinajstić information content (AvgIpc) is 3.28. The van der Waals surface area contributed by atoms with E-state index >= 15 is 0 Å². The van der Waals surface area contributed by atoms with Crippen LogP contribution in [0.25, 0.3) is 10.3 Å². The normalized spacial score (nSPS) is 14.8. The fourth-order valence-electron chi connectivity index (χ4n) is 3.89. The van der Waals surface area contributed by atoms with E-state index in [0.717, 1.165) is 15.5 Å². The number of benzene rings is 1. The number of anilines is 1. The Morgan fingerprint density at radius 2 is 1.88 bits per heavy atom. The Bertz CT molecular complexity index is 1220. The number of methoxy groups -OCH3 is 1. The van der Waals surface area contributed by atoms with Crippen LogP contribution < -0.4 is 9.64 Å². The highest BCUT2D eigenvalue weighted by atomic mass is 32.2. The number of carbonyl (C=O) groups is 1. The van der Waals surface area contributed by atoms with Crippen LogP contribution in [-0.4, -0.2) is 79.9 Å². The molecule has 0 saturated carbocycles. The van der Waals surface area contributed by atoms with Gasteiger partial charge in [-0.2, -0.15) is 4.31 Å². The average molecular weight is 490 g/mol. The number of aromatic nitrogens is 2. The first-order valence-corrected chi connectivity index (χ1v) is 13.1. The van der Waals surface area contributed by atoms with E-state index < -0.39 is 10.0 Å². The molecule has 3 heterocycles. The van der Waals surface area contributed by atoms with Gasteiger partial charge < -0.3 is 14.5 Å². The third kappa shape index (κ3) is 4.53. The van der Waals surface area contributed by atoms with Crippen LogP contribution in [0.1, 0.15) is 24.2 Å². The molecule has 1 fully saturated rings. The SMILES string of the molecule is CCN(CC)S(=O)(=O)c1cc(C(=O)N2CCN(c3nc4cccnc4s3)CC2)ccc1OC. The molecule has 3 aromatic rings. The van der Waals surface area contributed by atoms with Gasteiger partial charge in [0.05, 0.1) is 7.11 Å². The van der Waals surface area contributed by atoms with Crippen molar-refractivity contribution < 1.29 is 17.9 Å². The summed E-state index contributed by atoms with van der Waals surface area (Å²) in [5, 5.41) is 0.896. The molecule has 4 rings (SSSR count). The number of hydrogen-bond acceptors (Lipinski definition) is 8. The van der Waals surface area contributed by atoms with Crippen LogP contribution in [0.2, 0.25) is 0 Å². The Morgan fingerprint density at radius 3 is 2.52 bits per heavy atom. The molecular formula is C22H27N5O4S2. The summed E-state index contributed by atoms with van der Waals surface area (Å²) in [7, 11) is -2.35. The summed E-state index contributed by atoms with van der Waals surface area (Å²) in [5.74, 6) is 0.0342. The van der Waals surface area contributed by atoms with Gasteiger partial charge in [0.15, 0.2) is 5.13 Å². The quantitative estimate of drug-likeness (QED) is 0.503. The molecule has 2 aromatic heterocycles. The fraction of sp³-hybridized carbons (Fsp3) is 0.409. The van der Waals surface area contributed by atoms with Crippen LogP contribution in [0.5, 0.6) is 5.75 Å². The van der Waals surface area contributed by atoms with Crippen molar-refractivity contribution in [2.24, 2.45) is 0 Å². The third-order valence-corrected chi connectivity index (χ3v) is 8.84. The van der Waals surface area contributed by atoms with Crippen LogP contribution in [0, 0.1) is 0 Å². The van der Waals surface area contributed by atoms with Gasteiger partial charge >= 0.3 is 0 Å². The van der Waals surface area contributed by atoms with Crippen LogP contribution in [0.15, 0.2) is 41.4 Å². The first kappa shape index (κ1) is 23.4. The van der Waals surface area contributed by atoms with Gasteiger partial charge in [-0.05, 0) is 30.3 Å². The van der Waals surface area contributed by atoms with Crippen molar-refractivity contribution in [2.45, 2.75) is 18.7 Å². The minimum atomic E-state index is -3.77. The Labute approximate surface area is 197 Å². The number of ether oxygens (including phenoxy) is 1. The van der Waals surface area contributed by atoms with Crippen molar-refractivity contribution in [3.05, 3.63) is 42.1 Å². The fourth-order valence-corrected chi connectivity index (χ4v) is 6.49. The van der Waals surface area contributed by atoms with Crippen molar-refractivity contribution in [2.75, 3.05) is 51.3 Å². The van der Waals surface area contributed by atoms with Gasteiger partial charge in [-0.25, -0.2) is 18.4 Å². The van der Waals surface area contributed by atoms with Crippen LogP contribution in [0.4, 0.5) is 5.13 Å². The predicted octanol–water partition coefficient (Wildman–Crippen LogP) is 2.69. The maximum atomic E-state index is 13.2. The molecule has 0 N–H and O–H groups in total. The zero-order valence-electron chi connectivity index (χ0n) is 18.9. The topological polar surface area (TPSA) is 95.9 Å². The largest absolute Gasteiger partial charge is 0.495 e. The Hall–Kier alpha value is -2.76. The summed E-state index contributed by atoms with van der Waals surface area (Å²) in [5.41, 5.74) is 1.20. The maximum Gasteiger partial charge on any atom is 0.254 e. The molecule has 33 heavy (non-hydrogen) atoms. The monoisotopic (exact) mass is 489 g/mol. The maximum absolute atomic E-state index is 13.2. The lowest BCUT2D eigenvalue weighted by Gasteiger charge is -2.34. The number of sulfonamides is 1. The summed E-state index contributed by atoms with van der Waals surface area (Å²) < 4.78 is 32.8. The number of rotatable bonds is 7. The van der Waals surface area contributed by atoms with E-state index in [2.05, 4.69) is 14.9 Å². The number of thiazole rings is 1. The summed E-state index contributed by atoms with van der Waals surface area (Å²) in [4.78, 5) is 27.0. The van der Waals surface area contributed by atoms with Gasteiger partial charge in [0, 0.05) is 51.0 Å². The summed E-state index contributed by atoms with van der Waals surface area (Å²) in [6.07, 6.45) is 1.75. The minimum Gasteiger partial charge on any atom is -0.495 e. The molecule has 1 amide bonds. The smallest absolute Gasteiger partial charge is 0.254 e. The van der Waals surface area contributed by atoms with Crippen LogP contribution in [0.3, 0.4) is 0 Å². The van der Waals surface area contributed by atoms with E-state index in [9.17, 15) is 13.2 Å². The molecule has 9 nitrogen and oxygen atoms in total. The number of amides is 1. The van der Waals surface area contributed by atoms with Crippen molar-refractivity contribution in [3.8, 4) is 5.75 Å². The molecule has 0 aliphatic carbocycles. The van der Waals surface area contributed by atoms with Crippen molar-refractivity contribution >= 4 is 42.7 Å². The lowest BCUT2D eigenvalue weighted by Crippen LogP contribution is -2.48. The van der Waals surface area contributed by atoms with Gasteiger partial charge in [-0.15, -0.1) is 0 Å². The Morgan fingerprint density at radius 1 is 1.15 bits per heavy atom. The highest BCUT2D eigenvalue weighted by Crippen LogP contribution is 2.30. The molecule has 1 aromatic carbocycles. The molecule has 1 saturated heterocycles. The van der Waals surface area contributed by atoms with E-state index in [-0.39, 0.29) is 16.6 Å². The molecule has 1 aliphatic rings. The highest BCUT2D eigenvalue weighted by Gasteiger charge is 2.29.